The van der Waals surface area contributed by atoms with E-state index in [4.69, 9.17) is 9.72 Å². The lowest BCUT2D eigenvalue weighted by atomic mass is 10.2. The third kappa shape index (κ3) is 3.07. The van der Waals surface area contributed by atoms with E-state index in [1.165, 1.54) is 24.8 Å². The van der Waals surface area contributed by atoms with E-state index in [1.807, 2.05) is 12.3 Å². The van der Waals surface area contributed by atoms with Gasteiger partial charge in [0.2, 0.25) is 0 Å². The van der Waals surface area contributed by atoms with E-state index in [0.717, 1.165) is 36.4 Å². The molecule has 4 heteroatoms. The van der Waals surface area contributed by atoms with Crippen molar-refractivity contribution in [2.75, 3.05) is 24.8 Å². The van der Waals surface area contributed by atoms with Crippen LogP contribution in [-0.4, -0.2) is 29.9 Å². The maximum atomic E-state index is 5.72. The molecule has 2 heterocycles. The Morgan fingerprint density at radius 3 is 2.95 bits per heavy atom. The highest BCUT2D eigenvalue weighted by Crippen LogP contribution is 2.18. The van der Waals surface area contributed by atoms with E-state index >= 15 is 0 Å². The molecule has 0 bridgehead atoms. The van der Waals surface area contributed by atoms with Crippen molar-refractivity contribution in [2.45, 2.75) is 32.6 Å². The summed E-state index contributed by atoms with van der Waals surface area (Å²) in [4.78, 5) is 11.5. The highest BCUT2D eigenvalue weighted by molar-refractivity contribution is 5.76. The number of fused-ring (bicyclic) bond motifs is 1. The molecule has 1 aromatic heterocycles. The number of benzene rings is 1. The van der Waals surface area contributed by atoms with E-state index in [0.29, 0.717) is 6.73 Å². The zero-order valence-corrected chi connectivity index (χ0v) is 12.0. The van der Waals surface area contributed by atoms with Gasteiger partial charge >= 0.3 is 0 Å². The van der Waals surface area contributed by atoms with Crippen LogP contribution in [-0.2, 0) is 4.74 Å². The first-order valence-electron chi connectivity index (χ1n) is 7.39. The second-order valence-corrected chi connectivity index (χ2v) is 5.44. The van der Waals surface area contributed by atoms with Crippen molar-refractivity contribution in [3.63, 3.8) is 0 Å². The van der Waals surface area contributed by atoms with Gasteiger partial charge in [-0.2, -0.15) is 0 Å². The number of hydrogen-bond acceptors (Lipinski definition) is 4. The second kappa shape index (κ2) is 6.18. The molecule has 3 rings (SSSR count). The van der Waals surface area contributed by atoms with Crippen molar-refractivity contribution >= 4 is 16.9 Å². The summed E-state index contributed by atoms with van der Waals surface area (Å²) in [7, 11) is 0. The Kier molecular flexibility index (Phi) is 4.11. The lowest BCUT2D eigenvalue weighted by molar-refractivity contribution is 0.133. The van der Waals surface area contributed by atoms with Crippen LogP contribution in [0.3, 0.4) is 0 Å². The Morgan fingerprint density at radius 2 is 2.00 bits per heavy atom. The smallest absolute Gasteiger partial charge is 0.149 e. The Hall–Kier alpha value is -1.68. The highest BCUT2D eigenvalue weighted by atomic mass is 16.5. The number of aromatic nitrogens is 2. The van der Waals surface area contributed by atoms with Crippen LogP contribution in [0.5, 0.6) is 0 Å². The maximum absolute atomic E-state index is 5.72. The summed E-state index contributed by atoms with van der Waals surface area (Å²) in [5.41, 5.74) is 3.12. The summed E-state index contributed by atoms with van der Waals surface area (Å²) >= 11 is 0. The highest BCUT2D eigenvalue weighted by Gasteiger charge is 2.11. The molecular weight excluding hydrogens is 250 g/mol. The molecule has 0 spiro atoms. The van der Waals surface area contributed by atoms with Crippen molar-refractivity contribution in [2.24, 2.45) is 0 Å². The Balaban J connectivity index is 1.87. The second-order valence-electron chi connectivity index (χ2n) is 5.44. The van der Waals surface area contributed by atoms with Crippen molar-refractivity contribution in [3.05, 3.63) is 30.0 Å². The van der Waals surface area contributed by atoms with Crippen LogP contribution in [0.4, 0.5) is 5.82 Å². The van der Waals surface area contributed by atoms with Gasteiger partial charge in [0, 0.05) is 13.2 Å². The molecule has 106 valence electrons. The summed E-state index contributed by atoms with van der Waals surface area (Å²) in [6, 6.07) is 6.18. The molecule has 0 saturated carbocycles. The standard InChI is InChI=1S/C16H21N3O/c1-13-6-7-14-15(10-13)18-16(11-17-14)19-8-4-2-3-5-9-20-12-19/h6-7,10-11H,2-5,8-9,12H2,1H3. The van der Waals surface area contributed by atoms with Crippen molar-refractivity contribution in [3.8, 4) is 0 Å². The Labute approximate surface area is 119 Å². The van der Waals surface area contributed by atoms with Crippen LogP contribution < -0.4 is 4.90 Å². The predicted molar refractivity (Wildman–Crippen MR) is 80.9 cm³/mol. The monoisotopic (exact) mass is 271 g/mol. The van der Waals surface area contributed by atoms with Crippen LogP contribution in [0.2, 0.25) is 0 Å². The number of hydrogen-bond donors (Lipinski definition) is 0. The Bertz CT molecular complexity index is 575. The van der Waals surface area contributed by atoms with Gasteiger partial charge in [0.05, 0.1) is 17.2 Å². The largest absolute Gasteiger partial charge is 0.361 e. The summed E-state index contributed by atoms with van der Waals surface area (Å²) in [6.45, 7) is 4.53. The molecule has 1 saturated heterocycles. The topological polar surface area (TPSA) is 38.2 Å². The third-order valence-corrected chi connectivity index (χ3v) is 3.72. The first-order valence-corrected chi connectivity index (χ1v) is 7.39. The minimum absolute atomic E-state index is 0.617. The number of ether oxygens (including phenoxy) is 1. The summed E-state index contributed by atoms with van der Waals surface area (Å²) < 4.78 is 5.72. The van der Waals surface area contributed by atoms with E-state index in [2.05, 4.69) is 28.9 Å². The first kappa shape index (κ1) is 13.3. The average Bonchev–Trinajstić information content (AvgIpc) is 2.60. The quantitative estimate of drug-likeness (QED) is 0.797. The number of anilines is 1. The minimum Gasteiger partial charge on any atom is -0.361 e. The molecule has 0 aliphatic carbocycles. The molecule has 2 aromatic rings. The van der Waals surface area contributed by atoms with Crippen molar-refractivity contribution < 1.29 is 4.74 Å². The van der Waals surface area contributed by atoms with Gasteiger partial charge in [0.15, 0.2) is 0 Å². The fraction of sp³-hybridized carbons (Fsp3) is 0.500. The van der Waals surface area contributed by atoms with Gasteiger partial charge in [0.25, 0.3) is 0 Å². The zero-order valence-electron chi connectivity index (χ0n) is 12.0. The predicted octanol–water partition coefficient (Wildman–Crippen LogP) is 3.29. The molecule has 0 unspecified atom stereocenters. The van der Waals surface area contributed by atoms with Gasteiger partial charge in [-0.15, -0.1) is 0 Å². The van der Waals surface area contributed by atoms with Crippen LogP contribution in [0.15, 0.2) is 24.4 Å². The molecule has 0 N–H and O–H groups in total. The molecular formula is C16H21N3O. The molecule has 4 nitrogen and oxygen atoms in total. The first-order chi connectivity index (χ1) is 9.83. The third-order valence-electron chi connectivity index (χ3n) is 3.72. The van der Waals surface area contributed by atoms with Crippen LogP contribution in [0.1, 0.15) is 31.2 Å². The normalized spacial score (nSPS) is 17.6. The number of aryl methyl sites for hydroxylation is 1. The van der Waals surface area contributed by atoms with Gasteiger partial charge in [-0.3, -0.25) is 4.98 Å². The average molecular weight is 271 g/mol. The fourth-order valence-electron chi connectivity index (χ4n) is 2.54. The molecule has 1 aliphatic rings. The molecule has 0 atom stereocenters. The molecule has 1 aromatic carbocycles. The SMILES string of the molecule is Cc1ccc2ncc(N3CCCCCCOC3)nc2c1. The lowest BCUT2D eigenvalue weighted by Crippen LogP contribution is -2.28. The molecule has 0 radical (unpaired) electrons. The number of rotatable bonds is 1. The molecule has 1 fully saturated rings. The number of nitrogens with zero attached hydrogens (tertiary/aromatic N) is 3. The van der Waals surface area contributed by atoms with Crippen LogP contribution in [0, 0.1) is 6.92 Å². The van der Waals surface area contributed by atoms with Crippen molar-refractivity contribution in [1.82, 2.24) is 9.97 Å². The van der Waals surface area contributed by atoms with Gasteiger partial charge in [0.1, 0.15) is 12.5 Å². The lowest BCUT2D eigenvalue weighted by Gasteiger charge is -2.22. The van der Waals surface area contributed by atoms with Gasteiger partial charge in [-0.25, -0.2) is 4.98 Å². The maximum Gasteiger partial charge on any atom is 0.149 e. The minimum atomic E-state index is 0.617. The summed E-state index contributed by atoms with van der Waals surface area (Å²) in [5.74, 6) is 0.921. The van der Waals surface area contributed by atoms with E-state index < -0.39 is 0 Å². The molecule has 0 amide bonds. The summed E-state index contributed by atoms with van der Waals surface area (Å²) in [5, 5.41) is 0. The van der Waals surface area contributed by atoms with Gasteiger partial charge in [-0.05, 0) is 37.5 Å². The van der Waals surface area contributed by atoms with Gasteiger partial charge in [-0.1, -0.05) is 18.9 Å². The van der Waals surface area contributed by atoms with E-state index in [-0.39, 0.29) is 0 Å². The zero-order chi connectivity index (χ0) is 13.8. The van der Waals surface area contributed by atoms with Crippen LogP contribution in [0.25, 0.3) is 11.0 Å². The molecule has 20 heavy (non-hydrogen) atoms. The van der Waals surface area contributed by atoms with Crippen molar-refractivity contribution in [1.29, 1.82) is 0 Å². The van der Waals surface area contributed by atoms with E-state index in [1.54, 1.807) is 0 Å². The van der Waals surface area contributed by atoms with Crippen LogP contribution >= 0.6 is 0 Å². The molecule has 1 aliphatic heterocycles. The van der Waals surface area contributed by atoms with E-state index in [9.17, 15) is 0 Å². The summed E-state index contributed by atoms with van der Waals surface area (Å²) in [6.07, 6.45) is 6.74. The van der Waals surface area contributed by atoms with Gasteiger partial charge < -0.3 is 9.64 Å². The fourth-order valence-corrected chi connectivity index (χ4v) is 2.54. The Morgan fingerprint density at radius 1 is 1.10 bits per heavy atom.